The molecule has 0 aliphatic carbocycles. The van der Waals surface area contributed by atoms with Crippen molar-refractivity contribution in [3.05, 3.63) is 29.8 Å². The third kappa shape index (κ3) is 4.18. The molecule has 0 atom stereocenters. The van der Waals surface area contributed by atoms with Gasteiger partial charge in [-0.1, -0.05) is 13.8 Å². The minimum Gasteiger partial charge on any atom is -0.326 e. The van der Waals surface area contributed by atoms with Gasteiger partial charge < -0.3 is 4.90 Å². The van der Waals surface area contributed by atoms with Gasteiger partial charge in [0, 0.05) is 12.2 Å². The van der Waals surface area contributed by atoms with E-state index >= 15 is 0 Å². The lowest BCUT2D eigenvalue weighted by Gasteiger charge is -2.31. The van der Waals surface area contributed by atoms with Gasteiger partial charge in [0.15, 0.2) is 0 Å². The lowest BCUT2D eigenvalue weighted by molar-refractivity contribution is -0.145. The lowest BCUT2D eigenvalue weighted by Crippen LogP contribution is -2.45. The number of carbonyl (C=O) groups is 1. The van der Waals surface area contributed by atoms with Crippen molar-refractivity contribution in [3.63, 3.8) is 0 Å². The predicted molar refractivity (Wildman–Crippen MR) is 65.7 cm³/mol. The molecule has 0 saturated heterocycles. The zero-order valence-electron chi connectivity index (χ0n) is 11.2. The van der Waals surface area contributed by atoms with Crippen molar-refractivity contribution >= 4 is 5.91 Å². The van der Waals surface area contributed by atoms with Crippen LogP contribution in [0.5, 0.6) is 0 Å². The van der Waals surface area contributed by atoms with Crippen LogP contribution in [-0.4, -0.2) is 34.6 Å². The first kappa shape index (κ1) is 16.4. The van der Waals surface area contributed by atoms with Gasteiger partial charge in [-0.15, -0.1) is 0 Å². The van der Waals surface area contributed by atoms with E-state index in [0.717, 1.165) is 12.3 Å². The third-order valence-electron chi connectivity index (χ3n) is 2.98. The van der Waals surface area contributed by atoms with Crippen LogP contribution in [-0.2, 0) is 0 Å². The van der Waals surface area contributed by atoms with E-state index in [-0.39, 0.29) is 0 Å². The number of alkyl halides is 3. The van der Waals surface area contributed by atoms with E-state index in [9.17, 15) is 22.4 Å². The Morgan fingerprint density at radius 1 is 1.35 bits per heavy atom. The number of halogens is 4. The van der Waals surface area contributed by atoms with Crippen LogP contribution in [0.25, 0.3) is 0 Å². The second-order valence-corrected chi connectivity index (χ2v) is 4.36. The Bertz CT molecular complexity index is 458. The molecule has 0 N–H and O–H groups in total. The summed E-state index contributed by atoms with van der Waals surface area (Å²) >= 11 is 0. The van der Waals surface area contributed by atoms with Gasteiger partial charge in [-0.05, 0) is 25.0 Å². The molecule has 0 saturated carbocycles. The highest BCUT2D eigenvalue weighted by atomic mass is 19.4. The maximum Gasteiger partial charge on any atom is 0.406 e. The summed E-state index contributed by atoms with van der Waals surface area (Å²) in [6.07, 6.45) is -2.67. The second-order valence-electron chi connectivity index (χ2n) is 4.36. The summed E-state index contributed by atoms with van der Waals surface area (Å²) in [5, 5.41) is 0. The maximum absolute atomic E-state index is 13.5. The van der Waals surface area contributed by atoms with E-state index in [0.29, 0.717) is 17.7 Å². The molecule has 0 aromatic carbocycles. The first-order chi connectivity index (χ1) is 9.30. The highest BCUT2D eigenvalue weighted by molar-refractivity contribution is 5.94. The monoisotopic (exact) mass is 292 g/mol. The van der Waals surface area contributed by atoms with Gasteiger partial charge in [0.2, 0.25) is 5.95 Å². The second kappa shape index (κ2) is 6.67. The van der Waals surface area contributed by atoms with Crippen molar-refractivity contribution in [1.29, 1.82) is 0 Å². The predicted octanol–water partition coefficient (Wildman–Crippen LogP) is 3.41. The number of carbonyl (C=O) groups excluding carboxylic acids is 1. The van der Waals surface area contributed by atoms with Crippen LogP contribution in [0.2, 0.25) is 0 Å². The van der Waals surface area contributed by atoms with Gasteiger partial charge in [0.25, 0.3) is 5.91 Å². The largest absolute Gasteiger partial charge is 0.406 e. The zero-order chi connectivity index (χ0) is 15.3. The summed E-state index contributed by atoms with van der Waals surface area (Å²) in [7, 11) is 0. The molecule has 1 heterocycles. The minimum atomic E-state index is -4.53. The van der Waals surface area contributed by atoms with E-state index < -0.39 is 36.2 Å². The molecule has 0 bridgehead atoms. The first-order valence-electron chi connectivity index (χ1n) is 6.28. The maximum atomic E-state index is 13.5. The van der Waals surface area contributed by atoms with Crippen LogP contribution in [0.3, 0.4) is 0 Å². The van der Waals surface area contributed by atoms with E-state index in [1.54, 1.807) is 13.8 Å². The quantitative estimate of drug-likeness (QED) is 0.615. The van der Waals surface area contributed by atoms with Crippen molar-refractivity contribution in [3.8, 4) is 0 Å². The van der Waals surface area contributed by atoms with Gasteiger partial charge in [0.1, 0.15) is 6.54 Å². The Labute approximate surface area is 114 Å². The summed E-state index contributed by atoms with van der Waals surface area (Å²) in [6.45, 7) is 1.97. The Kier molecular flexibility index (Phi) is 5.47. The average molecular weight is 292 g/mol. The number of rotatable bonds is 5. The normalized spacial score (nSPS) is 11.8. The SMILES string of the molecule is CCC(CC)N(CC(F)(F)F)C(=O)c1cccnc1F. The number of nitrogens with zero attached hydrogens (tertiary/aromatic N) is 2. The van der Waals surface area contributed by atoms with E-state index in [1.807, 2.05) is 0 Å². The van der Waals surface area contributed by atoms with Crippen LogP contribution >= 0.6 is 0 Å². The average Bonchev–Trinajstić information content (AvgIpc) is 2.37. The van der Waals surface area contributed by atoms with Gasteiger partial charge in [0.05, 0.1) is 5.56 Å². The summed E-state index contributed by atoms with van der Waals surface area (Å²) in [6, 6.07) is 1.86. The van der Waals surface area contributed by atoms with E-state index in [1.165, 1.54) is 6.07 Å². The summed E-state index contributed by atoms with van der Waals surface area (Å²) in [5.74, 6) is -2.04. The number of amides is 1. The van der Waals surface area contributed by atoms with Crippen LogP contribution in [0.4, 0.5) is 17.6 Å². The molecule has 1 aromatic rings. The van der Waals surface area contributed by atoms with E-state index in [2.05, 4.69) is 4.98 Å². The smallest absolute Gasteiger partial charge is 0.326 e. The summed E-state index contributed by atoms with van der Waals surface area (Å²) < 4.78 is 51.3. The van der Waals surface area contributed by atoms with Gasteiger partial charge in [-0.2, -0.15) is 17.6 Å². The Hall–Kier alpha value is -1.66. The van der Waals surface area contributed by atoms with Crippen molar-refractivity contribution in [2.24, 2.45) is 0 Å². The van der Waals surface area contributed by atoms with Gasteiger partial charge >= 0.3 is 6.18 Å². The number of hydrogen-bond donors (Lipinski definition) is 0. The molecule has 0 aliphatic rings. The fraction of sp³-hybridized carbons (Fsp3) is 0.538. The molecule has 0 spiro atoms. The molecule has 1 amide bonds. The Morgan fingerprint density at radius 2 is 1.95 bits per heavy atom. The molecule has 3 nitrogen and oxygen atoms in total. The van der Waals surface area contributed by atoms with Crippen LogP contribution < -0.4 is 0 Å². The summed E-state index contributed by atoms with van der Waals surface area (Å²) in [5.41, 5.74) is -0.441. The third-order valence-corrected chi connectivity index (χ3v) is 2.98. The lowest BCUT2D eigenvalue weighted by atomic mass is 10.1. The molecule has 112 valence electrons. The summed E-state index contributed by atoms with van der Waals surface area (Å²) in [4.78, 5) is 16.1. The molecule has 0 unspecified atom stereocenters. The first-order valence-corrected chi connectivity index (χ1v) is 6.28. The fourth-order valence-corrected chi connectivity index (χ4v) is 1.99. The zero-order valence-corrected chi connectivity index (χ0v) is 11.2. The van der Waals surface area contributed by atoms with Gasteiger partial charge in [-0.25, -0.2) is 4.98 Å². The molecule has 0 radical (unpaired) electrons. The Balaban J connectivity index is 3.10. The Morgan fingerprint density at radius 3 is 2.40 bits per heavy atom. The van der Waals surface area contributed by atoms with Crippen LogP contribution in [0, 0.1) is 5.95 Å². The molecular weight excluding hydrogens is 276 g/mol. The van der Waals surface area contributed by atoms with Crippen LogP contribution in [0.15, 0.2) is 18.3 Å². The molecule has 0 aliphatic heterocycles. The van der Waals surface area contributed by atoms with Crippen molar-refractivity contribution < 1.29 is 22.4 Å². The standard InChI is InChI=1S/C13H16F4N2O/c1-3-9(4-2)19(8-13(15,16)17)12(20)10-6-5-7-18-11(10)14/h5-7,9H,3-4,8H2,1-2H3. The molecule has 1 rings (SSSR count). The molecule has 7 heteroatoms. The van der Waals surface area contributed by atoms with Gasteiger partial charge in [-0.3, -0.25) is 4.79 Å². The minimum absolute atomic E-state index is 0.361. The highest BCUT2D eigenvalue weighted by Crippen LogP contribution is 2.22. The molecule has 1 aromatic heterocycles. The molecule has 20 heavy (non-hydrogen) atoms. The topological polar surface area (TPSA) is 33.2 Å². The molecular formula is C13H16F4N2O. The molecule has 0 fully saturated rings. The number of pyridine rings is 1. The van der Waals surface area contributed by atoms with Crippen molar-refractivity contribution in [2.75, 3.05) is 6.54 Å². The fourth-order valence-electron chi connectivity index (χ4n) is 1.99. The van der Waals surface area contributed by atoms with E-state index in [4.69, 9.17) is 0 Å². The highest BCUT2D eigenvalue weighted by Gasteiger charge is 2.36. The van der Waals surface area contributed by atoms with Crippen molar-refractivity contribution in [2.45, 2.75) is 38.9 Å². The van der Waals surface area contributed by atoms with Crippen molar-refractivity contribution in [1.82, 2.24) is 9.88 Å². The number of aromatic nitrogens is 1. The van der Waals surface area contributed by atoms with Crippen LogP contribution in [0.1, 0.15) is 37.0 Å². The number of hydrogen-bond acceptors (Lipinski definition) is 2.